The van der Waals surface area contributed by atoms with E-state index in [2.05, 4.69) is 0 Å². The van der Waals surface area contributed by atoms with Gasteiger partial charge in [0.15, 0.2) is 0 Å². The molecular formula is C8H19N3O4. The van der Waals surface area contributed by atoms with Gasteiger partial charge in [0.1, 0.15) is 12.1 Å². The van der Waals surface area contributed by atoms with Gasteiger partial charge in [0.25, 0.3) is 0 Å². The smallest absolute Gasteiger partial charge is 0.320 e. The fraction of sp³-hybridized carbons (Fsp3) is 0.750. The maximum Gasteiger partial charge on any atom is 0.320 e. The fourth-order valence-electron chi connectivity index (χ4n) is 0.461. The van der Waals surface area contributed by atoms with Gasteiger partial charge in [0, 0.05) is 0 Å². The number of nitrogens with two attached hydrogens (primary N) is 3. The molecule has 0 aliphatic rings. The van der Waals surface area contributed by atoms with Gasteiger partial charge in [0.2, 0.25) is 0 Å². The van der Waals surface area contributed by atoms with Gasteiger partial charge in [-0.3, -0.25) is 9.59 Å². The molecule has 7 heteroatoms. The highest BCUT2D eigenvalue weighted by atomic mass is 16.4. The zero-order valence-corrected chi connectivity index (χ0v) is 8.72. The summed E-state index contributed by atoms with van der Waals surface area (Å²) >= 11 is 0. The largest absolute Gasteiger partial charge is 0.480 e. The molecule has 0 aromatic carbocycles. The maximum absolute atomic E-state index is 10.0. The van der Waals surface area contributed by atoms with Crippen molar-refractivity contribution in [2.75, 3.05) is 6.54 Å². The van der Waals surface area contributed by atoms with Crippen molar-refractivity contribution in [2.45, 2.75) is 31.8 Å². The van der Waals surface area contributed by atoms with Crippen LogP contribution in [0.15, 0.2) is 0 Å². The lowest BCUT2D eigenvalue weighted by Crippen LogP contribution is -2.30. The minimum Gasteiger partial charge on any atom is -0.480 e. The summed E-state index contributed by atoms with van der Waals surface area (Å²) in [5.74, 6) is -1.92. The van der Waals surface area contributed by atoms with Crippen molar-refractivity contribution in [3.05, 3.63) is 0 Å². The minimum absolute atomic E-state index is 0.464. The van der Waals surface area contributed by atoms with E-state index in [1.807, 2.05) is 0 Å². The van der Waals surface area contributed by atoms with E-state index in [1.165, 1.54) is 6.92 Å². The summed E-state index contributed by atoms with van der Waals surface area (Å²) < 4.78 is 0. The number of carbonyl (C=O) groups is 2. The Hall–Kier alpha value is -1.18. The van der Waals surface area contributed by atoms with Crippen LogP contribution in [0.1, 0.15) is 19.8 Å². The van der Waals surface area contributed by atoms with Gasteiger partial charge in [-0.05, 0) is 26.3 Å². The molecule has 8 N–H and O–H groups in total. The lowest BCUT2D eigenvalue weighted by atomic mass is 10.2. The van der Waals surface area contributed by atoms with Gasteiger partial charge < -0.3 is 27.4 Å². The summed E-state index contributed by atoms with van der Waals surface area (Å²) in [5.41, 5.74) is 15.1. The lowest BCUT2D eigenvalue weighted by molar-refractivity contribution is -0.139. The first-order chi connectivity index (χ1) is 6.82. The summed E-state index contributed by atoms with van der Waals surface area (Å²) in [7, 11) is 0. The van der Waals surface area contributed by atoms with E-state index in [0.717, 1.165) is 0 Å². The Kier molecular flexibility index (Phi) is 10.2. The predicted molar refractivity (Wildman–Crippen MR) is 55.2 cm³/mol. The van der Waals surface area contributed by atoms with E-state index in [4.69, 9.17) is 27.4 Å². The molecule has 2 atom stereocenters. The molecule has 0 radical (unpaired) electrons. The van der Waals surface area contributed by atoms with Crippen molar-refractivity contribution >= 4 is 11.9 Å². The average molecular weight is 221 g/mol. The Morgan fingerprint density at radius 1 is 1.20 bits per heavy atom. The van der Waals surface area contributed by atoms with Gasteiger partial charge >= 0.3 is 11.9 Å². The van der Waals surface area contributed by atoms with Crippen LogP contribution in [0.3, 0.4) is 0 Å². The Bertz CT molecular complexity index is 196. The molecule has 0 unspecified atom stereocenters. The lowest BCUT2D eigenvalue weighted by Gasteiger charge is -2.02. The van der Waals surface area contributed by atoms with Gasteiger partial charge in [-0.1, -0.05) is 0 Å². The number of hydrogen-bond acceptors (Lipinski definition) is 5. The van der Waals surface area contributed by atoms with Crippen LogP contribution in [0.2, 0.25) is 0 Å². The van der Waals surface area contributed by atoms with Crippen molar-refractivity contribution in [1.29, 1.82) is 0 Å². The highest BCUT2D eigenvalue weighted by Gasteiger charge is 2.08. The summed E-state index contributed by atoms with van der Waals surface area (Å²) in [6.45, 7) is 1.92. The molecule has 0 rings (SSSR count). The predicted octanol–water partition coefficient (Wildman–Crippen LogP) is -1.44. The van der Waals surface area contributed by atoms with Crippen LogP contribution in [-0.4, -0.2) is 40.8 Å². The van der Waals surface area contributed by atoms with Crippen LogP contribution >= 0.6 is 0 Å². The molecule has 0 aromatic rings. The topological polar surface area (TPSA) is 153 Å². The van der Waals surface area contributed by atoms with Crippen molar-refractivity contribution in [2.24, 2.45) is 17.2 Å². The van der Waals surface area contributed by atoms with Crippen molar-refractivity contribution in [1.82, 2.24) is 0 Å². The molecular weight excluding hydrogens is 202 g/mol. The van der Waals surface area contributed by atoms with Gasteiger partial charge in [0.05, 0.1) is 0 Å². The molecule has 0 saturated carbocycles. The molecule has 7 nitrogen and oxygen atoms in total. The van der Waals surface area contributed by atoms with Crippen LogP contribution in [-0.2, 0) is 9.59 Å². The monoisotopic (exact) mass is 221 g/mol. The van der Waals surface area contributed by atoms with E-state index < -0.39 is 24.0 Å². The molecule has 0 aliphatic heterocycles. The van der Waals surface area contributed by atoms with Gasteiger partial charge in [-0.2, -0.15) is 0 Å². The van der Waals surface area contributed by atoms with Crippen molar-refractivity contribution in [3.63, 3.8) is 0 Å². The van der Waals surface area contributed by atoms with E-state index in [1.54, 1.807) is 0 Å². The first-order valence-electron chi connectivity index (χ1n) is 4.49. The number of carboxylic acid groups (broad SMARTS) is 2. The molecule has 0 amide bonds. The Balaban J connectivity index is 0. The minimum atomic E-state index is -0.963. The molecule has 0 aromatic heterocycles. The first kappa shape index (κ1) is 16.3. The second kappa shape index (κ2) is 9.38. The van der Waals surface area contributed by atoms with Crippen LogP contribution in [0.4, 0.5) is 0 Å². The summed E-state index contributed by atoms with van der Waals surface area (Å²) in [5, 5.41) is 16.1. The first-order valence-corrected chi connectivity index (χ1v) is 4.49. The number of carboxylic acids is 2. The summed E-state index contributed by atoms with van der Waals surface area (Å²) in [6.07, 6.45) is 1.14. The number of hydrogen-bond donors (Lipinski definition) is 5. The molecule has 15 heavy (non-hydrogen) atoms. The SMILES string of the molecule is C[C@@H](N)C(=O)O.NCCC[C@@H](N)C(=O)O. The molecule has 0 heterocycles. The fourth-order valence-corrected chi connectivity index (χ4v) is 0.461. The summed E-state index contributed by atoms with van der Waals surface area (Å²) in [4.78, 5) is 19.6. The molecule has 0 fully saturated rings. The van der Waals surface area contributed by atoms with Crippen LogP contribution in [0.25, 0.3) is 0 Å². The maximum atomic E-state index is 10.0. The Morgan fingerprint density at radius 2 is 1.60 bits per heavy atom. The molecule has 0 bridgehead atoms. The Morgan fingerprint density at radius 3 is 1.80 bits per heavy atom. The van der Waals surface area contributed by atoms with E-state index in [9.17, 15) is 9.59 Å². The number of rotatable bonds is 5. The van der Waals surface area contributed by atoms with Crippen LogP contribution in [0, 0.1) is 0 Å². The quantitative estimate of drug-likeness (QED) is 0.381. The van der Waals surface area contributed by atoms with Gasteiger partial charge in [-0.15, -0.1) is 0 Å². The third-order valence-corrected chi connectivity index (χ3v) is 1.43. The molecule has 0 saturated heterocycles. The second-order valence-corrected chi connectivity index (χ2v) is 3.00. The summed E-state index contributed by atoms with van der Waals surface area (Å²) in [6, 6.07) is -1.47. The van der Waals surface area contributed by atoms with E-state index in [0.29, 0.717) is 19.4 Å². The highest BCUT2D eigenvalue weighted by Crippen LogP contribution is 1.91. The van der Waals surface area contributed by atoms with Crippen molar-refractivity contribution < 1.29 is 19.8 Å². The molecule has 90 valence electrons. The van der Waals surface area contributed by atoms with E-state index >= 15 is 0 Å². The normalized spacial score (nSPS) is 13.3. The third kappa shape index (κ3) is 12.8. The molecule has 0 aliphatic carbocycles. The average Bonchev–Trinajstić information content (AvgIpc) is 2.14. The van der Waals surface area contributed by atoms with Crippen molar-refractivity contribution in [3.8, 4) is 0 Å². The highest BCUT2D eigenvalue weighted by molar-refractivity contribution is 5.73. The third-order valence-electron chi connectivity index (χ3n) is 1.43. The van der Waals surface area contributed by atoms with Crippen LogP contribution in [0.5, 0.6) is 0 Å². The Labute approximate surface area is 88.2 Å². The zero-order chi connectivity index (χ0) is 12.4. The van der Waals surface area contributed by atoms with Gasteiger partial charge in [-0.25, -0.2) is 0 Å². The molecule has 0 spiro atoms. The zero-order valence-electron chi connectivity index (χ0n) is 8.72. The van der Waals surface area contributed by atoms with E-state index in [-0.39, 0.29) is 0 Å². The standard InChI is InChI=1S/C5H12N2O2.C3H7NO2/c6-3-1-2-4(7)5(8)9;1-2(4)3(5)6/h4H,1-3,6-7H2,(H,8,9);2H,4H2,1H3,(H,5,6)/t4-;2-/m11/s1. The number of aliphatic carboxylic acids is 2. The second-order valence-electron chi connectivity index (χ2n) is 3.00. The van der Waals surface area contributed by atoms with Crippen LogP contribution < -0.4 is 17.2 Å².